The van der Waals surface area contributed by atoms with Crippen LogP contribution in [0, 0.1) is 15.5 Å². The maximum atomic E-state index is 11.0. The molecule has 0 saturated carbocycles. The van der Waals surface area contributed by atoms with Crippen LogP contribution in [-0.4, -0.2) is 17.6 Å². The first-order valence-corrected chi connectivity index (χ1v) is 6.91. The molecule has 1 aromatic rings. The van der Waals surface area contributed by atoms with Crippen LogP contribution < -0.4 is 10.5 Å². The van der Waals surface area contributed by atoms with Gasteiger partial charge < -0.3 is 10.5 Å². The van der Waals surface area contributed by atoms with Gasteiger partial charge in [0.25, 0.3) is 0 Å². The van der Waals surface area contributed by atoms with Crippen molar-refractivity contribution in [2.24, 2.45) is 11.1 Å². The van der Waals surface area contributed by atoms with Crippen LogP contribution in [0.4, 0.5) is 5.69 Å². The van der Waals surface area contributed by atoms with E-state index in [1.807, 2.05) is 6.92 Å². The van der Waals surface area contributed by atoms with Crippen molar-refractivity contribution in [3.8, 4) is 5.75 Å². The van der Waals surface area contributed by atoms with E-state index in [4.69, 9.17) is 10.5 Å². The minimum Gasteiger partial charge on any atom is -0.487 e. The molecule has 0 aliphatic carbocycles. The Morgan fingerprint density at radius 1 is 1.40 bits per heavy atom. The van der Waals surface area contributed by atoms with Crippen molar-refractivity contribution < 1.29 is 9.66 Å². The highest BCUT2D eigenvalue weighted by Gasteiger charge is 2.22. The van der Waals surface area contributed by atoms with Crippen LogP contribution in [0.25, 0.3) is 0 Å². The van der Waals surface area contributed by atoms with Crippen molar-refractivity contribution in [2.75, 3.05) is 6.61 Å². The van der Waals surface area contributed by atoms with Crippen molar-refractivity contribution in [1.29, 1.82) is 0 Å². The summed E-state index contributed by atoms with van der Waals surface area (Å²) in [4.78, 5) is 10.6. The molecule has 2 N–H and O–H groups in total. The molecule has 5 heteroatoms. The van der Waals surface area contributed by atoms with Crippen molar-refractivity contribution in [1.82, 2.24) is 0 Å². The molecule has 0 radical (unpaired) electrons. The molecule has 20 heavy (non-hydrogen) atoms. The highest BCUT2D eigenvalue weighted by Crippen LogP contribution is 2.30. The summed E-state index contributed by atoms with van der Waals surface area (Å²) < 4.78 is 5.47. The van der Waals surface area contributed by atoms with Gasteiger partial charge in [0, 0.05) is 12.1 Å². The van der Waals surface area contributed by atoms with E-state index >= 15 is 0 Å². The molecule has 0 fully saturated rings. The fraction of sp³-hybridized carbons (Fsp3) is 0.600. The van der Waals surface area contributed by atoms with E-state index in [0.29, 0.717) is 18.8 Å². The van der Waals surface area contributed by atoms with Gasteiger partial charge in [-0.05, 0) is 29.9 Å². The second-order valence-corrected chi connectivity index (χ2v) is 6.08. The maximum Gasteiger partial charge on any atom is 0.310 e. The summed E-state index contributed by atoms with van der Waals surface area (Å²) in [5.41, 5.74) is 7.12. The van der Waals surface area contributed by atoms with E-state index in [1.54, 1.807) is 12.1 Å². The summed E-state index contributed by atoms with van der Waals surface area (Å²) in [5, 5.41) is 11.0. The van der Waals surface area contributed by atoms with Crippen molar-refractivity contribution in [2.45, 2.75) is 46.6 Å². The molecule has 1 unspecified atom stereocenters. The van der Waals surface area contributed by atoms with E-state index < -0.39 is 4.92 Å². The molecule has 0 spiro atoms. The van der Waals surface area contributed by atoms with Crippen LogP contribution in [-0.2, 0) is 6.42 Å². The Kier molecular flexibility index (Phi) is 5.51. The predicted molar refractivity (Wildman–Crippen MR) is 80.0 cm³/mol. The van der Waals surface area contributed by atoms with E-state index in [-0.39, 0.29) is 17.1 Å². The molecular weight excluding hydrogens is 256 g/mol. The second kappa shape index (κ2) is 6.70. The fourth-order valence-electron chi connectivity index (χ4n) is 1.72. The first-order valence-electron chi connectivity index (χ1n) is 6.91. The summed E-state index contributed by atoms with van der Waals surface area (Å²) in [6.45, 7) is 8.67. The highest BCUT2D eigenvalue weighted by molar-refractivity contribution is 5.48. The van der Waals surface area contributed by atoms with Crippen LogP contribution in [0.3, 0.4) is 0 Å². The lowest BCUT2D eigenvalue weighted by Gasteiger charge is -2.27. The average molecular weight is 280 g/mol. The maximum absolute atomic E-state index is 11.0. The second-order valence-electron chi connectivity index (χ2n) is 6.08. The third-order valence-corrected chi connectivity index (χ3v) is 3.25. The summed E-state index contributed by atoms with van der Waals surface area (Å²) in [5.74, 6) is 0.329. The summed E-state index contributed by atoms with van der Waals surface area (Å²) in [6.07, 6.45) is 1.48. The number of ether oxygens (including phenoxy) is 1. The molecule has 0 aliphatic heterocycles. The molecule has 0 amide bonds. The largest absolute Gasteiger partial charge is 0.487 e. The van der Waals surface area contributed by atoms with Gasteiger partial charge in [0.1, 0.15) is 0 Å². The third kappa shape index (κ3) is 4.49. The Morgan fingerprint density at radius 3 is 2.55 bits per heavy atom. The number of nitro benzene ring substituents is 1. The SMILES string of the molecule is CCCOc1cc(CC(N)C(C)(C)C)ccc1[N+](=O)[O-]. The summed E-state index contributed by atoms with van der Waals surface area (Å²) in [6, 6.07) is 4.97. The Hall–Kier alpha value is -1.62. The van der Waals surface area contributed by atoms with Gasteiger partial charge in [0.05, 0.1) is 11.5 Å². The van der Waals surface area contributed by atoms with Crippen LogP contribution in [0.2, 0.25) is 0 Å². The van der Waals surface area contributed by atoms with Gasteiger partial charge >= 0.3 is 5.69 Å². The van der Waals surface area contributed by atoms with E-state index in [2.05, 4.69) is 20.8 Å². The Labute approximate surface area is 120 Å². The van der Waals surface area contributed by atoms with Gasteiger partial charge in [-0.1, -0.05) is 33.8 Å². The lowest BCUT2D eigenvalue weighted by molar-refractivity contribution is -0.385. The first kappa shape index (κ1) is 16.4. The average Bonchev–Trinajstić information content (AvgIpc) is 2.35. The van der Waals surface area contributed by atoms with Crippen LogP contribution >= 0.6 is 0 Å². The molecule has 112 valence electrons. The minimum atomic E-state index is -0.418. The number of nitro groups is 1. The Balaban J connectivity index is 2.97. The van der Waals surface area contributed by atoms with Gasteiger partial charge in [-0.3, -0.25) is 10.1 Å². The molecule has 5 nitrogen and oxygen atoms in total. The number of nitrogens with zero attached hydrogens (tertiary/aromatic N) is 1. The number of hydrogen-bond acceptors (Lipinski definition) is 4. The van der Waals surface area contributed by atoms with E-state index in [0.717, 1.165) is 12.0 Å². The zero-order chi connectivity index (χ0) is 15.3. The van der Waals surface area contributed by atoms with Crippen LogP contribution in [0.1, 0.15) is 39.7 Å². The number of hydrogen-bond donors (Lipinski definition) is 1. The lowest BCUT2D eigenvalue weighted by Crippen LogP contribution is -2.36. The quantitative estimate of drug-likeness (QED) is 0.640. The molecule has 0 aromatic heterocycles. The molecule has 0 heterocycles. The topological polar surface area (TPSA) is 78.4 Å². The van der Waals surface area contributed by atoms with E-state index in [1.165, 1.54) is 6.07 Å². The predicted octanol–water partition coefficient (Wildman–Crippen LogP) is 3.30. The van der Waals surface area contributed by atoms with Crippen LogP contribution in [0.5, 0.6) is 5.75 Å². The summed E-state index contributed by atoms with van der Waals surface area (Å²) in [7, 11) is 0. The van der Waals surface area contributed by atoms with Crippen molar-refractivity contribution in [3.63, 3.8) is 0 Å². The smallest absolute Gasteiger partial charge is 0.310 e. The lowest BCUT2D eigenvalue weighted by atomic mass is 9.84. The molecular formula is C15H24N2O3. The van der Waals surface area contributed by atoms with Gasteiger partial charge in [-0.15, -0.1) is 0 Å². The molecule has 1 aromatic carbocycles. The molecule has 0 saturated heterocycles. The summed E-state index contributed by atoms with van der Waals surface area (Å²) >= 11 is 0. The molecule has 0 bridgehead atoms. The number of benzene rings is 1. The van der Waals surface area contributed by atoms with Gasteiger partial charge in [0.2, 0.25) is 0 Å². The Morgan fingerprint density at radius 2 is 2.05 bits per heavy atom. The normalized spacial score (nSPS) is 13.1. The Bertz CT molecular complexity index is 467. The zero-order valence-corrected chi connectivity index (χ0v) is 12.7. The third-order valence-electron chi connectivity index (χ3n) is 3.25. The van der Waals surface area contributed by atoms with Crippen LogP contribution in [0.15, 0.2) is 18.2 Å². The highest BCUT2D eigenvalue weighted by atomic mass is 16.6. The fourth-order valence-corrected chi connectivity index (χ4v) is 1.72. The number of nitrogens with two attached hydrogens (primary N) is 1. The molecule has 1 atom stereocenters. The van der Waals surface area contributed by atoms with Gasteiger partial charge in [-0.25, -0.2) is 0 Å². The standard InChI is InChI=1S/C15H24N2O3/c1-5-8-20-13-9-11(6-7-12(13)17(18)19)10-14(16)15(2,3)4/h6-7,9,14H,5,8,10,16H2,1-4H3. The van der Waals surface area contributed by atoms with Crippen molar-refractivity contribution in [3.05, 3.63) is 33.9 Å². The minimum absolute atomic E-state index is 0.00605. The molecule has 0 aliphatic rings. The first-order chi connectivity index (χ1) is 9.25. The van der Waals surface area contributed by atoms with E-state index in [9.17, 15) is 10.1 Å². The van der Waals surface area contributed by atoms with Gasteiger partial charge in [-0.2, -0.15) is 0 Å². The monoisotopic (exact) mass is 280 g/mol. The van der Waals surface area contributed by atoms with Gasteiger partial charge in [0.15, 0.2) is 5.75 Å². The molecule has 1 rings (SSSR count). The number of rotatable bonds is 6. The zero-order valence-electron chi connectivity index (χ0n) is 12.7. The van der Waals surface area contributed by atoms with Crippen molar-refractivity contribution >= 4 is 5.69 Å².